The van der Waals surface area contributed by atoms with E-state index in [1.807, 2.05) is 26.0 Å². The van der Waals surface area contributed by atoms with Gasteiger partial charge in [-0.15, -0.1) is 0 Å². The Morgan fingerprint density at radius 1 is 1.47 bits per heavy atom. The van der Waals surface area contributed by atoms with Crippen molar-refractivity contribution in [3.05, 3.63) is 34.8 Å². The van der Waals surface area contributed by atoms with Gasteiger partial charge in [0.25, 0.3) is 0 Å². The molecule has 0 bridgehead atoms. The number of aryl methyl sites for hydroxylation is 1. The lowest BCUT2D eigenvalue weighted by molar-refractivity contribution is -0.126. The Kier molecular flexibility index (Phi) is 3.33. The molecule has 2 heterocycles. The van der Waals surface area contributed by atoms with Gasteiger partial charge in [0, 0.05) is 25.7 Å². The van der Waals surface area contributed by atoms with Crippen LogP contribution in [0.1, 0.15) is 18.4 Å². The van der Waals surface area contributed by atoms with Gasteiger partial charge in [-0.05, 0) is 31.6 Å². The van der Waals surface area contributed by atoms with Gasteiger partial charge in [-0.3, -0.25) is 4.79 Å². The molecule has 0 spiro atoms. The molecule has 1 N–H and O–H groups in total. The van der Waals surface area contributed by atoms with Gasteiger partial charge in [-0.25, -0.2) is 0 Å². The van der Waals surface area contributed by atoms with Gasteiger partial charge in [0.05, 0.1) is 6.54 Å². The predicted octanol–water partition coefficient (Wildman–Crippen LogP) is 1.47. The van der Waals surface area contributed by atoms with Crippen LogP contribution in [0, 0.1) is 6.92 Å². The molecular formula is C13H18N2O2. The van der Waals surface area contributed by atoms with Gasteiger partial charge in [-0.1, -0.05) is 0 Å². The second-order valence-corrected chi connectivity index (χ2v) is 4.51. The van der Waals surface area contributed by atoms with E-state index >= 15 is 0 Å². The quantitative estimate of drug-likeness (QED) is 0.805. The van der Waals surface area contributed by atoms with Crippen LogP contribution >= 0.6 is 0 Å². The Morgan fingerprint density at radius 2 is 2.18 bits per heavy atom. The number of rotatable bonds is 3. The molecule has 1 amide bonds. The molecule has 0 saturated carbocycles. The zero-order valence-electron chi connectivity index (χ0n) is 10.5. The normalized spacial score (nSPS) is 14.4. The van der Waals surface area contributed by atoms with Crippen molar-refractivity contribution < 1.29 is 9.21 Å². The third kappa shape index (κ3) is 2.58. The lowest BCUT2D eigenvalue weighted by Crippen LogP contribution is -2.38. The van der Waals surface area contributed by atoms with Crippen LogP contribution in [-0.4, -0.2) is 30.9 Å². The molecule has 17 heavy (non-hydrogen) atoms. The highest BCUT2D eigenvalue weighted by Gasteiger charge is 2.19. The van der Waals surface area contributed by atoms with E-state index in [1.165, 1.54) is 5.57 Å². The summed E-state index contributed by atoms with van der Waals surface area (Å²) in [4.78, 5) is 13.8. The Hall–Kier alpha value is -1.55. The van der Waals surface area contributed by atoms with Crippen molar-refractivity contribution in [3.8, 4) is 0 Å². The number of hydrogen-bond acceptors (Lipinski definition) is 3. The van der Waals surface area contributed by atoms with Crippen LogP contribution in [0.2, 0.25) is 0 Å². The van der Waals surface area contributed by atoms with Crippen molar-refractivity contribution >= 4 is 5.91 Å². The molecule has 92 valence electrons. The largest absolute Gasteiger partial charge is 0.464 e. The van der Waals surface area contributed by atoms with E-state index < -0.39 is 0 Å². The van der Waals surface area contributed by atoms with Gasteiger partial charge in [0.2, 0.25) is 5.91 Å². The fraction of sp³-hybridized carbons (Fsp3) is 0.462. The number of hydrogen-bond donors (Lipinski definition) is 1. The summed E-state index contributed by atoms with van der Waals surface area (Å²) in [5.41, 5.74) is 2.06. The Balaban J connectivity index is 2.00. The minimum atomic E-state index is 0.0792. The van der Waals surface area contributed by atoms with E-state index in [2.05, 4.69) is 5.32 Å². The average Bonchev–Trinajstić information content (AvgIpc) is 2.60. The van der Waals surface area contributed by atoms with Crippen molar-refractivity contribution in [1.82, 2.24) is 10.2 Å². The van der Waals surface area contributed by atoms with Crippen molar-refractivity contribution in [2.24, 2.45) is 0 Å². The summed E-state index contributed by atoms with van der Waals surface area (Å²) < 4.78 is 5.46. The van der Waals surface area contributed by atoms with E-state index in [0.717, 1.165) is 30.2 Å². The summed E-state index contributed by atoms with van der Waals surface area (Å²) in [6, 6.07) is 3.82. The van der Waals surface area contributed by atoms with E-state index in [4.69, 9.17) is 4.42 Å². The molecule has 2 rings (SSSR count). The van der Waals surface area contributed by atoms with Crippen LogP contribution in [0.15, 0.2) is 27.7 Å². The molecule has 1 aromatic heterocycles. The summed E-state index contributed by atoms with van der Waals surface area (Å²) in [6.07, 6.45) is 0. The second kappa shape index (κ2) is 4.75. The molecule has 1 saturated heterocycles. The lowest BCUT2D eigenvalue weighted by atomic mass is 10.0. The Morgan fingerprint density at radius 3 is 2.65 bits per heavy atom. The number of nitrogens with one attached hydrogen (secondary N) is 1. The summed E-state index contributed by atoms with van der Waals surface area (Å²) in [6.45, 7) is 5.99. The van der Waals surface area contributed by atoms with E-state index in [9.17, 15) is 4.79 Å². The number of carbonyl (C=O) groups excluding carboxylic acids is 1. The second-order valence-electron chi connectivity index (χ2n) is 4.51. The molecule has 0 aromatic carbocycles. The zero-order chi connectivity index (χ0) is 12.4. The maximum Gasteiger partial charge on any atom is 0.249 e. The molecule has 0 radical (unpaired) electrons. The highest BCUT2D eigenvalue weighted by Crippen LogP contribution is 2.14. The standard InChI is InChI=1S/C13H18N2O2/c1-9-4-5-12(17-9)8-15(3)13(16)10(2)11-6-14-7-11/h4-5,14H,6-8H2,1-3H3. The van der Waals surface area contributed by atoms with Gasteiger partial charge in [0.1, 0.15) is 11.5 Å². The third-order valence-corrected chi connectivity index (χ3v) is 3.06. The first kappa shape index (κ1) is 11.9. The fourth-order valence-corrected chi connectivity index (χ4v) is 1.83. The van der Waals surface area contributed by atoms with Crippen LogP contribution in [0.3, 0.4) is 0 Å². The summed E-state index contributed by atoms with van der Waals surface area (Å²) >= 11 is 0. The molecule has 4 nitrogen and oxygen atoms in total. The van der Waals surface area contributed by atoms with Crippen LogP contribution in [-0.2, 0) is 11.3 Å². The Bertz CT molecular complexity index is 454. The number of carbonyl (C=O) groups is 1. The van der Waals surface area contributed by atoms with Crippen molar-refractivity contribution in [2.75, 3.05) is 20.1 Å². The summed E-state index contributed by atoms with van der Waals surface area (Å²) in [5.74, 6) is 1.78. The van der Waals surface area contributed by atoms with Crippen LogP contribution < -0.4 is 5.32 Å². The van der Waals surface area contributed by atoms with E-state index in [1.54, 1.807) is 11.9 Å². The van der Waals surface area contributed by atoms with Crippen LogP contribution in [0.4, 0.5) is 0 Å². The molecule has 0 unspecified atom stereocenters. The molecule has 1 aliphatic heterocycles. The topological polar surface area (TPSA) is 45.5 Å². The van der Waals surface area contributed by atoms with Gasteiger partial charge in [0.15, 0.2) is 0 Å². The minimum Gasteiger partial charge on any atom is -0.464 e. The van der Waals surface area contributed by atoms with Crippen molar-refractivity contribution in [3.63, 3.8) is 0 Å². The van der Waals surface area contributed by atoms with Crippen LogP contribution in [0.5, 0.6) is 0 Å². The fourth-order valence-electron chi connectivity index (χ4n) is 1.83. The third-order valence-electron chi connectivity index (χ3n) is 3.06. The molecule has 0 aliphatic carbocycles. The van der Waals surface area contributed by atoms with E-state index in [-0.39, 0.29) is 5.91 Å². The number of nitrogens with zero attached hydrogens (tertiary/aromatic N) is 1. The first-order valence-electron chi connectivity index (χ1n) is 5.78. The molecule has 4 heteroatoms. The maximum atomic E-state index is 12.1. The van der Waals surface area contributed by atoms with Gasteiger partial charge >= 0.3 is 0 Å². The smallest absolute Gasteiger partial charge is 0.249 e. The molecule has 1 aromatic rings. The molecule has 1 aliphatic rings. The SMILES string of the molecule is CC(C(=O)N(C)Cc1ccc(C)o1)=C1CNC1. The number of amides is 1. The number of likely N-dealkylation sites (N-methyl/N-ethyl adjacent to an activating group) is 1. The Labute approximate surface area is 101 Å². The molecule has 0 atom stereocenters. The minimum absolute atomic E-state index is 0.0792. The van der Waals surface area contributed by atoms with Crippen molar-refractivity contribution in [2.45, 2.75) is 20.4 Å². The van der Waals surface area contributed by atoms with Gasteiger partial charge in [-0.2, -0.15) is 0 Å². The maximum absolute atomic E-state index is 12.1. The zero-order valence-corrected chi connectivity index (χ0v) is 10.5. The summed E-state index contributed by atoms with van der Waals surface area (Å²) in [7, 11) is 1.80. The number of furan rings is 1. The average molecular weight is 234 g/mol. The van der Waals surface area contributed by atoms with Crippen LogP contribution in [0.25, 0.3) is 0 Å². The highest BCUT2D eigenvalue weighted by atomic mass is 16.3. The monoisotopic (exact) mass is 234 g/mol. The lowest BCUT2D eigenvalue weighted by Gasteiger charge is -2.24. The predicted molar refractivity (Wildman–Crippen MR) is 65.5 cm³/mol. The van der Waals surface area contributed by atoms with E-state index in [0.29, 0.717) is 6.54 Å². The first-order chi connectivity index (χ1) is 8.08. The highest BCUT2D eigenvalue weighted by molar-refractivity contribution is 5.93. The molecule has 1 fully saturated rings. The molecular weight excluding hydrogens is 216 g/mol. The first-order valence-corrected chi connectivity index (χ1v) is 5.78. The summed E-state index contributed by atoms with van der Waals surface area (Å²) in [5, 5.41) is 3.14. The van der Waals surface area contributed by atoms with Crippen molar-refractivity contribution in [1.29, 1.82) is 0 Å². The van der Waals surface area contributed by atoms with Gasteiger partial charge < -0.3 is 14.6 Å².